The van der Waals surface area contributed by atoms with Crippen LogP contribution in [0.5, 0.6) is 0 Å². The lowest BCUT2D eigenvalue weighted by atomic mass is 9.69. The topological polar surface area (TPSA) is 49.4 Å². The van der Waals surface area contributed by atoms with Crippen LogP contribution in [0.25, 0.3) is 0 Å². The quantitative estimate of drug-likeness (QED) is 0.0756. The summed E-state index contributed by atoms with van der Waals surface area (Å²) in [7, 11) is 4.12. The number of para-hydroxylation sites is 2. The number of carbonyl (C=O) groups excluding carboxylic acids is 2. The van der Waals surface area contributed by atoms with Crippen LogP contribution in [-0.4, -0.2) is 26.2 Å². The van der Waals surface area contributed by atoms with E-state index in [1.807, 2.05) is 19.2 Å². The maximum Gasteiger partial charge on any atom is 0.195 e. The number of hydrogen-bond acceptors (Lipinski definition) is 4. The second kappa shape index (κ2) is 16.2. The van der Waals surface area contributed by atoms with Crippen LogP contribution in [0, 0.1) is 0 Å². The zero-order valence-corrected chi connectivity index (χ0v) is 28.6. The summed E-state index contributed by atoms with van der Waals surface area (Å²) >= 11 is 0. The lowest BCUT2D eigenvalue weighted by Gasteiger charge is -2.35. The highest BCUT2D eigenvalue weighted by Crippen LogP contribution is 2.51. The first-order valence-electron chi connectivity index (χ1n) is 17.2. The number of nitrogens with one attached hydrogen (secondary N) is 1. The van der Waals surface area contributed by atoms with Crippen LogP contribution < -0.4 is 10.2 Å². The van der Waals surface area contributed by atoms with Gasteiger partial charge in [-0.15, -0.1) is 0 Å². The first kappa shape index (κ1) is 34.4. The fourth-order valence-corrected chi connectivity index (χ4v) is 7.70. The molecule has 5 rings (SSSR count). The summed E-state index contributed by atoms with van der Waals surface area (Å²) in [6, 6.07) is 38.4. The van der Waals surface area contributed by atoms with E-state index in [1.54, 1.807) is 0 Å². The molecule has 0 radical (unpaired) electrons. The second-order valence-corrected chi connectivity index (χ2v) is 13.0. The van der Waals surface area contributed by atoms with Crippen LogP contribution in [0.1, 0.15) is 61.3 Å². The number of Topliss-reactive ketones (excluding diaryl/α,β-unsaturated/α-hetero) is 1. The summed E-state index contributed by atoms with van der Waals surface area (Å²) in [5, 5.41) is 3.37. The van der Waals surface area contributed by atoms with Crippen LogP contribution >= 0.6 is 0 Å². The SMILES string of the molecule is CCCC1(Cc2ccccc2)/C(=C/C=C/C=C/CC(CCC(=O)C=O)(Cc2ccccc2)c2ccccc2NC)N(C)c2ccccc21. The van der Waals surface area contributed by atoms with Gasteiger partial charge in [0.05, 0.1) is 0 Å². The van der Waals surface area contributed by atoms with E-state index in [4.69, 9.17) is 0 Å². The first-order chi connectivity index (χ1) is 23.5. The summed E-state index contributed by atoms with van der Waals surface area (Å²) in [6.07, 6.45) is 16.7. The molecule has 0 bridgehead atoms. The van der Waals surface area contributed by atoms with Gasteiger partial charge in [0.25, 0.3) is 0 Å². The van der Waals surface area contributed by atoms with E-state index in [2.05, 4.69) is 152 Å². The van der Waals surface area contributed by atoms with Gasteiger partial charge in [0, 0.05) is 48.4 Å². The van der Waals surface area contributed by atoms with Gasteiger partial charge < -0.3 is 10.2 Å². The van der Waals surface area contributed by atoms with Crippen molar-refractivity contribution in [1.29, 1.82) is 0 Å². The number of rotatable bonds is 16. The summed E-state index contributed by atoms with van der Waals surface area (Å²) in [6.45, 7) is 2.28. The number of fused-ring (bicyclic) bond motifs is 1. The van der Waals surface area contributed by atoms with Gasteiger partial charge in [0.1, 0.15) is 0 Å². The third-order valence-corrected chi connectivity index (χ3v) is 9.91. The average molecular weight is 637 g/mol. The Labute approximate surface area is 286 Å². The fraction of sp³-hybridized carbons (Fsp3) is 0.273. The third kappa shape index (κ3) is 7.60. The van der Waals surface area contributed by atoms with Crippen molar-refractivity contribution in [2.24, 2.45) is 0 Å². The lowest BCUT2D eigenvalue weighted by molar-refractivity contribution is -0.130. The van der Waals surface area contributed by atoms with Gasteiger partial charge in [0.15, 0.2) is 12.1 Å². The largest absolute Gasteiger partial charge is 0.388 e. The van der Waals surface area contributed by atoms with Crippen molar-refractivity contribution >= 4 is 23.4 Å². The Bertz CT molecular complexity index is 1760. The van der Waals surface area contributed by atoms with Crippen molar-refractivity contribution in [2.75, 3.05) is 24.3 Å². The minimum Gasteiger partial charge on any atom is -0.388 e. The Morgan fingerprint density at radius 1 is 0.833 bits per heavy atom. The maximum absolute atomic E-state index is 12.3. The predicted molar refractivity (Wildman–Crippen MR) is 201 cm³/mol. The Morgan fingerprint density at radius 2 is 1.50 bits per heavy atom. The molecule has 0 aliphatic carbocycles. The van der Waals surface area contributed by atoms with Crippen LogP contribution in [0.3, 0.4) is 0 Å². The van der Waals surface area contributed by atoms with Gasteiger partial charge in [-0.05, 0) is 72.6 Å². The van der Waals surface area contributed by atoms with E-state index >= 15 is 0 Å². The number of likely N-dealkylation sites (N-methyl/N-ethyl adjacent to an activating group) is 1. The van der Waals surface area contributed by atoms with Gasteiger partial charge in [0.2, 0.25) is 0 Å². The second-order valence-electron chi connectivity index (χ2n) is 13.0. The molecule has 4 nitrogen and oxygen atoms in total. The minimum atomic E-state index is -0.387. The zero-order valence-electron chi connectivity index (χ0n) is 28.6. The molecule has 246 valence electrons. The molecule has 0 fully saturated rings. The highest BCUT2D eigenvalue weighted by Gasteiger charge is 2.45. The molecule has 4 aromatic carbocycles. The van der Waals surface area contributed by atoms with Gasteiger partial charge in [-0.1, -0.05) is 135 Å². The molecule has 1 N–H and O–H groups in total. The molecule has 4 aromatic rings. The Hall–Kier alpha value is -4.96. The van der Waals surface area contributed by atoms with Gasteiger partial charge >= 0.3 is 0 Å². The number of aldehydes is 1. The van der Waals surface area contributed by atoms with E-state index in [1.165, 1.54) is 28.1 Å². The van der Waals surface area contributed by atoms with Crippen molar-refractivity contribution in [3.63, 3.8) is 0 Å². The smallest absolute Gasteiger partial charge is 0.195 e. The number of benzene rings is 4. The zero-order chi connectivity index (χ0) is 33.8. The van der Waals surface area contributed by atoms with Crippen molar-refractivity contribution in [2.45, 2.75) is 62.7 Å². The normalized spacial score (nSPS) is 17.9. The van der Waals surface area contributed by atoms with Crippen LogP contribution in [0.15, 0.2) is 145 Å². The van der Waals surface area contributed by atoms with E-state index in [-0.39, 0.29) is 23.0 Å². The summed E-state index contributed by atoms with van der Waals surface area (Å²) < 4.78 is 0. The molecule has 1 heterocycles. The first-order valence-corrected chi connectivity index (χ1v) is 17.2. The van der Waals surface area contributed by atoms with Crippen LogP contribution in [0.2, 0.25) is 0 Å². The van der Waals surface area contributed by atoms with Crippen molar-refractivity contribution < 1.29 is 9.59 Å². The van der Waals surface area contributed by atoms with Crippen molar-refractivity contribution in [3.8, 4) is 0 Å². The van der Waals surface area contributed by atoms with E-state index in [9.17, 15) is 9.59 Å². The maximum atomic E-state index is 12.3. The fourth-order valence-electron chi connectivity index (χ4n) is 7.70. The number of carbonyl (C=O) groups is 2. The molecular formula is C44H48N2O2. The number of allylic oxidation sites excluding steroid dienone is 6. The number of ketones is 1. The monoisotopic (exact) mass is 636 g/mol. The Morgan fingerprint density at radius 3 is 2.21 bits per heavy atom. The van der Waals surface area contributed by atoms with Crippen molar-refractivity contribution in [1.82, 2.24) is 0 Å². The molecule has 0 aromatic heterocycles. The van der Waals surface area contributed by atoms with Crippen LogP contribution in [-0.2, 0) is 33.3 Å². The molecule has 2 unspecified atom stereocenters. The molecular weight excluding hydrogens is 588 g/mol. The van der Waals surface area contributed by atoms with E-state index < -0.39 is 0 Å². The van der Waals surface area contributed by atoms with Gasteiger partial charge in [-0.2, -0.15) is 0 Å². The molecule has 48 heavy (non-hydrogen) atoms. The van der Waals surface area contributed by atoms with Crippen LogP contribution in [0.4, 0.5) is 11.4 Å². The molecule has 2 atom stereocenters. The molecule has 0 amide bonds. The van der Waals surface area contributed by atoms with Crippen molar-refractivity contribution in [3.05, 3.63) is 168 Å². The summed E-state index contributed by atoms with van der Waals surface area (Å²) in [4.78, 5) is 26.1. The highest BCUT2D eigenvalue weighted by molar-refractivity contribution is 6.24. The van der Waals surface area contributed by atoms with Gasteiger partial charge in [-0.3, -0.25) is 9.59 Å². The minimum absolute atomic E-state index is 0.109. The number of anilines is 2. The molecule has 0 saturated heterocycles. The van der Waals surface area contributed by atoms with Gasteiger partial charge in [-0.25, -0.2) is 0 Å². The molecule has 1 aliphatic rings. The standard InChI is InChI=1S/C44H48N2O2/c1-4-29-44(33-36-21-11-8-12-22-36)39-24-15-17-26-41(39)46(3)42(44)27-13-5-6-18-30-43(31-28-37(48)34-47,32-35-19-9-7-10-20-35)38-23-14-16-25-40(38)45-2/h5-27,34,45H,4,28-33H2,1-3H3/b13-5+,18-6+,42-27-. The average Bonchev–Trinajstić information content (AvgIpc) is 3.35. The molecule has 0 saturated carbocycles. The molecule has 0 spiro atoms. The number of nitrogens with zero attached hydrogens (tertiary/aromatic N) is 1. The van der Waals surface area contributed by atoms with E-state index in [0.29, 0.717) is 19.1 Å². The molecule has 1 aliphatic heterocycles. The predicted octanol–water partition coefficient (Wildman–Crippen LogP) is 9.57. The highest BCUT2D eigenvalue weighted by atomic mass is 16.2. The van der Waals surface area contributed by atoms with E-state index in [0.717, 1.165) is 36.9 Å². The third-order valence-electron chi connectivity index (χ3n) is 9.91. The summed E-state index contributed by atoms with van der Waals surface area (Å²) in [5.74, 6) is -0.363. The molecule has 4 heteroatoms. The summed E-state index contributed by atoms with van der Waals surface area (Å²) in [5.41, 5.74) is 8.22. The Kier molecular flexibility index (Phi) is 11.6. The lowest BCUT2D eigenvalue weighted by Crippen LogP contribution is -2.32. The number of hydrogen-bond donors (Lipinski definition) is 1. The Balaban J connectivity index is 1.48.